The molecule has 1 nitrogen and oxygen atoms in total. The fourth-order valence-electron chi connectivity index (χ4n) is 6.32. The van der Waals surface area contributed by atoms with Gasteiger partial charge in [-0.1, -0.05) is 121 Å². The Balaban J connectivity index is 1.33. The molecule has 1 aliphatic rings. The van der Waals surface area contributed by atoms with Crippen molar-refractivity contribution in [3.8, 4) is 11.1 Å². The Labute approximate surface area is 241 Å². The number of thiol groups is 1. The van der Waals surface area contributed by atoms with Crippen LogP contribution >= 0.6 is 12.6 Å². The van der Waals surface area contributed by atoms with Crippen LogP contribution in [0.25, 0.3) is 38.7 Å². The van der Waals surface area contributed by atoms with Gasteiger partial charge in [-0.3, -0.25) is 0 Å². The van der Waals surface area contributed by atoms with E-state index in [9.17, 15) is 0 Å². The number of benzene rings is 6. The van der Waals surface area contributed by atoms with Gasteiger partial charge in [0.25, 0.3) is 0 Å². The summed E-state index contributed by atoms with van der Waals surface area (Å²) in [5.74, 6) is 0.186. The van der Waals surface area contributed by atoms with E-state index in [0.29, 0.717) is 0 Å². The molecule has 2 heteroatoms. The van der Waals surface area contributed by atoms with Gasteiger partial charge in [-0.2, -0.15) is 12.6 Å². The minimum absolute atomic E-state index is 0.142. The molecule has 0 aromatic heterocycles. The smallest absolute Gasteiger partial charge is 0.0307 e. The Bertz CT molecular complexity index is 1870. The molecule has 2 N–H and O–H groups in total. The van der Waals surface area contributed by atoms with E-state index in [-0.39, 0.29) is 11.2 Å². The van der Waals surface area contributed by atoms with Gasteiger partial charge in [-0.25, -0.2) is 0 Å². The molecule has 7 rings (SSSR count). The van der Waals surface area contributed by atoms with Gasteiger partial charge < -0.3 is 5.73 Å². The third-order valence-corrected chi connectivity index (χ3v) is 8.86. The van der Waals surface area contributed by atoms with Crippen LogP contribution in [-0.2, 0) is 12.8 Å². The lowest BCUT2D eigenvalue weighted by molar-refractivity contribution is 0.774. The van der Waals surface area contributed by atoms with E-state index < -0.39 is 0 Å². The van der Waals surface area contributed by atoms with Crippen LogP contribution in [0.2, 0.25) is 0 Å². The summed E-state index contributed by atoms with van der Waals surface area (Å²) in [6.07, 6.45) is 4.02. The van der Waals surface area contributed by atoms with Crippen molar-refractivity contribution in [1.82, 2.24) is 0 Å². The SMILES string of the molecule is NC1=Cc2c(c3ccc(-c4cccc(C(S)Cc5ccccc5)c4)cc3c3ccccc23)CC1c1ccccc1. The molecule has 0 fully saturated rings. The van der Waals surface area contributed by atoms with Crippen LogP contribution in [0.4, 0.5) is 0 Å². The zero-order chi connectivity index (χ0) is 27.1. The third kappa shape index (κ3) is 4.49. The maximum Gasteiger partial charge on any atom is 0.0307 e. The predicted octanol–water partition coefficient (Wildman–Crippen LogP) is 9.51. The van der Waals surface area contributed by atoms with Crippen LogP contribution in [0.15, 0.2) is 133 Å². The van der Waals surface area contributed by atoms with Gasteiger partial charge in [-0.15, -0.1) is 0 Å². The average Bonchev–Trinajstić information content (AvgIpc) is 3.01. The summed E-state index contributed by atoms with van der Waals surface area (Å²) in [6.45, 7) is 0. The van der Waals surface area contributed by atoms with Crippen LogP contribution in [0.5, 0.6) is 0 Å². The Kier molecular flexibility index (Phi) is 6.42. The quantitative estimate of drug-likeness (QED) is 0.167. The number of hydrogen-bond acceptors (Lipinski definition) is 2. The Morgan fingerprint density at radius 3 is 2.15 bits per heavy atom. The van der Waals surface area contributed by atoms with Gasteiger partial charge in [0.05, 0.1) is 0 Å². The highest BCUT2D eigenvalue weighted by molar-refractivity contribution is 7.80. The zero-order valence-corrected chi connectivity index (χ0v) is 23.2. The number of hydrogen-bond donors (Lipinski definition) is 2. The molecule has 194 valence electrons. The second kappa shape index (κ2) is 10.4. The summed E-state index contributed by atoms with van der Waals surface area (Å²) in [5.41, 5.74) is 16.6. The molecular weight excluding hydrogens is 502 g/mol. The first-order valence-electron chi connectivity index (χ1n) is 14.0. The van der Waals surface area contributed by atoms with Gasteiger partial charge in [0.2, 0.25) is 0 Å². The van der Waals surface area contributed by atoms with E-state index in [2.05, 4.69) is 133 Å². The molecule has 6 aromatic carbocycles. The summed E-state index contributed by atoms with van der Waals surface area (Å²) in [6, 6.07) is 45.8. The van der Waals surface area contributed by atoms with Gasteiger partial charge in [0.15, 0.2) is 0 Å². The fourth-order valence-corrected chi connectivity index (χ4v) is 6.69. The second-order valence-electron chi connectivity index (χ2n) is 10.8. The van der Waals surface area contributed by atoms with E-state index in [1.165, 1.54) is 60.5 Å². The van der Waals surface area contributed by atoms with Crippen LogP contribution < -0.4 is 5.73 Å². The van der Waals surface area contributed by atoms with Crippen LogP contribution in [0, 0.1) is 0 Å². The average molecular weight is 534 g/mol. The molecule has 0 saturated carbocycles. The van der Waals surface area contributed by atoms with Gasteiger partial charge in [-0.05, 0) is 85.5 Å². The lowest BCUT2D eigenvalue weighted by Gasteiger charge is -2.27. The topological polar surface area (TPSA) is 26.0 Å². The number of nitrogens with two attached hydrogens (primary N) is 1. The number of fused-ring (bicyclic) bond motifs is 6. The van der Waals surface area contributed by atoms with Crippen molar-refractivity contribution in [2.45, 2.75) is 24.0 Å². The van der Waals surface area contributed by atoms with Crippen LogP contribution in [0.3, 0.4) is 0 Å². The van der Waals surface area contributed by atoms with Gasteiger partial charge in [0.1, 0.15) is 0 Å². The minimum atomic E-state index is 0.142. The van der Waals surface area contributed by atoms with Crippen molar-refractivity contribution in [2.24, 2.45) is 5.73 Å². The monoisotopic (exact) mass is 533 g/mol. The Morgan fingerprint density at radius 1 is 0.650 bits per heavy atom. The van der Waals surface area contributed by atoms with Crippen molar-refractivity contribution >= 4 is 40.2 Å². The molecule has 2 atom stereocenters. The zero-order valence-electron chi connectivity index (χ0n) is 22.3. The number of allylic oxidation sites excluding steroid dienone is 1. The summed E-state index contributed by atoms with van der Waals surface area (Å²) in [7, 11) is 0. The van der Waals surface area contributed by atoms with Crippen LogP contribution in [-0.4, -0.2) is 0 Å². The van der Waals surface area contributed by atoms with E-state index in [1.807, 2.05) is 0 Å². The van der Waals surface area contributed by atoms with Crippen molar-refractivity contribution in [1.29, 1.82) is 0 Å². The highest BCUT2D eigenvalue weighted by Crippen LogP contribution is 2.42. The lowest BCUT2D eigenvalue weighted by Crippen LogP contribution is -2.17. The summed E-state index contributed by atoms with van der Waals surface area (Å²) >= 11 is 4.98. The predicted molar refractivity (Wildman–Crippen MR) is 174 cm³/mol. The molecule has 0 amide bonds. The highest BCUT2D eigenvalue weighted by Gasteiger charge is 2.25. The molecule has 40 heavy (non-hydrogen) atoms. The summed E-state index contributed by atoms with van der Waals surface area (Å²) < 4.78 is 0. The summed E-state index contributed by atoms with van der Waals surface area (Å²) in [5, 5.41) is 5.29. The molecule has 0 bridgehead atoms. The molecule has 6 aromatic rings. The summed E-state index contributed by atoms with van der Waals surface area (Å²) in [4.78, 5) is 0. The van der Waals surface area contributed by atoms with Gasteiger partial charge >= 0.3 is 0 Å². The van der Waals surface area contributed by atoms with E-state index in [4.69, 9.17) is 18.4 Å². The Morgan fingerprint density at radius 2 is 1.35 bits per heavy atom. The van der Waals surface area contributed by atoms with E-state index in [0.717, 1.165) is 18.5 Å². The van der Waals surface area contributed by atoms with Crippen molar-refractivity contribution in [3.63, 3.8) is 0 Å². The molecule has 0 radical (unpaired) electrons. The first kappa shape index (κ1) is 24.7. The molecule has 0 spiro atoms. The van der Waals surface area contributed by atoms with Crippen LogP contribution in [0.1, 0.15) is 39.0 Å². The molecule has 0 heterocycles. The largest absolute Gasteiger partial charge is 0.402 e. The maximum absolute atomic E-state index is 6.70. The molecule has 2 unspecified atom stereocenters. The fraction of sp³-hybridized carbons (Fsp3) is 0.105. The van der Waals surface area contributed by atoms with Crippen molar-refractivity contribution in [2.75, 3.05) is 0 Å². The molecule has 0 aliphatic heterocycles. The number of rotatable bonds is 5. The van der Waals surface area contributed by atoms with Crippen molar-refractivity contribution < 1.29 is 0 Å². The second-order valence-corrected chi connectivity index (χ2v) is 11.5. The van der Waals surface area contributed by atoms with E-state index in [1.54, 1.807) is 0 Å². The minimum Gasteiger partial charge on any atom is -0.402 e. The standard InChI is InChI=1S/C38H31NS/c39-37-24-36-31-17-8-7-16-30(31)34-22-28(18-19-32(34)35(36)23-33(37)26-12-5-2-6-13-26)27-14-9-15-29(21-27)38(40)20-25-10-3-1-4-11-25/h1-19,21-22,24,33,38,40H,20,23,39H2. The normalized spacial score (nSPS) is 15.5. The maximum atomic E-state index is 6.70. The molecular formula is C38H31NS. The highest BCUT2D eigenvalue weighted by atomic mass is 32.1. The third-order valence-electron chi connectivity index (χ3n) is 8.38. The first-order chi connectivity index (χ1) is 19.7. The Hall–Kier alpha value is -4.27. The van der Waals surface area contributed by atoms with Gasteiger partial charge in [0, 0.05) is 16.9 Å². The first-order valence-corrected chi connectivity index (χ1v) is 14.5. The molecule has 1 aliphatic carbocycles. The van der Waals surface area contributed by atoms with E-state index >= 15 is 0 Å². The molecule has 0 saturated heterocycles. The van der Waals surface area contributed by atoms with Crippen molar-refractivity contribution in [3.05, 3.63) is 161 Å². The lowest BCUT2D eigenvalue weighted by atomic mass is 9.78.